The third-order valence-corrected chi connectivity index (χ3v) is 5.36. The Morgan fingerprint density at radius 1 is 0.885 bits per heavy atom. The summed E-state index contributed by atoms with van der Waals surface area (Å²) in [7, 11) is -3.31. The van der Waals surface area contributed by atoms with Crippen LogP contribution in [0, 0.1) is 0 Å². The van der Waals surface area contributed by atoms with Gasteiger partial charge in [0, 0.05) is 11.4 Å². The lowest BCUT2D eigenvalue weighted by molar-refractivity contribution is -0.115. The quantitative estimate of drug-likeness (QED) is 0.695. The highest BCUT2D eigenvalue weighted by Gasteiger charge is 2.09. The number of carbonyl (C=O) groups excluding carboxylic acids is 1. The Kier molecular flexibility index (Phi) is 5.23. The van der Waals surface area contributed by atoms with Gasteiger partial charge >= 0.3 is 0 Å². The molecule has 0 saturated heterocycles. The van der Waals surface area contributed by atoms with E-state index >= 15 is 0 Å². The van der Waals surface area contributed by atoms with Crippen LogP contribution in [0.1, 0.15) is 12.5 Å². The topological polar surface area (TPSA) is 75.3 Å². The van der Waals surface area contributed by atoms with Crippen LogP contribution in [0.3, 0.4) is 0 Å². The lowest BCUT2D eigenvalue weighted by atomic mass is 10.0. The SMILES string of the molecule is CCS(=O)(=O)Nc1ccc(NC(=O)Cc2cccc3ccccc23)cc1. The predicted molar refractivity (Wildman–Crippen MR) is 106 cm³/mol. The second-order valence-corrected chi connectivity index (χ2v) is 7.96. The van der Waals surface area contributed by atoms with Gasteiger partial charge < -0.3 is 5.32 Å². The van der Waals surface area contributed by atoms with Crippen LogP contribution in [0.25, 0.3) is 10.8 Å². The molecule has 2 N–H and O–H groups in total. The van der Waals surface area contributed by atoms with E-state index in [2.05, 4.69) is 10.0 Å². The molecule has 3 aromatic carbocycles. The summed E-state index contributed by atoms with van der Waals surface area (Å²) < 4.78 is 25.6. The maximum Gasteiger partial charge on any atom is 0.232 e. The number of carbonyl (C=O) groups is 1. The highest BCUT2D eigenvalue weighted by Crippen LogP contribution is 2.20. The number of anilines is 2. The van der Waals surface area contributed by atoms with Gasteiger partial charge in [-0.1, -0.05) is 42.5 Å². The Balaban J connectivity index is 1.68. The van der Waals surface area contributed by atoms with Crippen molar-refractivity contribution in [3.8, 4) is 0 Å². The van der Waals surface area contributed by atoms with Gasteiger partial charge in [0.15, 0.2) is 0 Å². The minimum absolute atomic E-state index is 0.0104. The summed E-state index contributed by atoms with van der Waals surface area (Å²) >= 11 is 0. The number of nitrogens with one attached hydrogen (secondary N) is 2. The summed E-state index contributed by atoms with van der Waals surface area (Å²) in [6, 6.07) is 20.5. The Bertz CT molecular complexity index is 1020. The molecule has 3 aromatic rings. The molecule has 134 valence electrons. The number of sulfonamides is 1. The molecule has 0 atom stereocenters. The Morgan fingerprint density at radius 3 is 2.27 bits per heavy atom. The average molecular weight is 368 g/mol. The second-order valence-electron chi connectivity index (χ2n) is 5.95. The fourth-order valence-electron chi connectivity index (χ4n) is 2.70. The van der Waals surface area contributed by atoms with Crippen LogP contribution >= 0.6 is 0 Å². The van der Waals surface area contributed by atoms with Crippen LogP contribution in [0.15, 0.2) is 66.7 Å². The smallest absolute Gasteiger partial charge is 0.232 e. The van der Waals surface area contributed by atoms with E-state index in [4.69, 9.17) is 0 Å². The highest BCUT2D eigenvalue weighted by molar-refractivity contribution is 7.92. The van der Waals surface area contributed by atoms with Crippen LogP contribution in [0.4, 0.5) is 11.4 Å². The van der Waals surface area contributed by atoms with E-state index in [0.29, 0.717) is 11.4 Å². The van der Waals surface area contributed by atoms with E-state index < -0.39 is 10.0 Å². The largest absolute Gasteiger partial charge is 0.326 e. The molecule has 0 bridgehead atoms. The number of rotatable bonds is 6. The van der Waals surface area contributed by atoms with Gasteiger partial charge in [-0.15, -0.1) is 0 Å². The highest BCUT2D eigenvalue weighted by atomic mass is 32.2. The van der Waals surface area contributed by atoms with E-state index in [1.807, 2.05) is 42.5 Å². The minimum atomic E-state index is -3.31. The Hall–Kier alpha value is -2.86. The van der Waals surface area contributed by atoms with Crippen LogP contribution in [0.2, 0.25) is 0 Å². The van der Waals surface area contributed by atoms with Gasteiger partial charge in [0.1, 0.15) is 0 Å². The first kappa shape index (κ1) is 17.9. The first-order valence-corrected chi connectivity index (χ1v) is 9.99. The number of amides is 1. The van der Waals surface area contributed by atoms with Crippen molar-refractivity contribution in [3.63, 3.8) is 0 Å². The predicted octanol–water partition coefficient (Wildman–Crippen LogP) is 3.78. The van der Waals surface area contributed by atoms with Gasteiger partial charge in [0.05, 0.1) is 12.2 Å². The van der Waals surface area contributed by atoms with Crippen molar-refractivity contribution in [2.75, 3.05) is 15.8 Å². The van der Waals surface area contributed by atoms with Crippen molar-refractivity contribution in [2.45, 2.75) is 13.3 Å². The van der Waals surface area contributed by atoms with Gasteiger partial charge in [-0.2, -0.15) is 0 Å². The van der Waals surface area contributed by atoms with Crippen molar-refractivity contribution in [2.24, 2.45) is 0 Å². The molecule has 0 heterocycles. The summed E-state index contributed by atoms with van der Waals surface area (Å²) in [5.74, 6) is -0.112. The van der Waals surface area contributed by atoms with Crippen LogP contribution in [-0.2, 0) is 21.2 Å². The molecule has 26 heavy (non-hydrogen) atoms. The first-order chi connectivity index (χ1) is 12.5. The standard InChI is InChI=1S/C20H20N2O3S/c1-2-26(24,25)22-18-12-10-17(11-13-18)21-20(23)14-16-8-5-7-15-6-3-4-9-19(15)16/h3-13,22H,2,14H2,1H3,(H,21,23). The zero-order valence-electron chi connectivity index (χ0n) is 14.4. The van der Waals surface area contributed by atoms with E-state index in [9.17, 15) is 13.2 Å². The molecule has 5 nitrogen and oxygen atoms in total. The summed E-state index contributed by atoms with van der Waals surface area (Å²) in [6.45, 7) is 1.57. The first-order valence-electron chi connectivity index (χ1n) is 8.34. The number of hydrogen-bond acceptors (Lipinski definition) is 3. The summed E-state index contributed by atoms with van der Waals surface area (Å²) in [4.78, 5) is 12.4. The lowest BCUT2D eigenvalue weighted by Crippen LogP contribution is -2.16. The van der Waals surface area contributed by atoms with E-state index in [-0.39, 0.29) is 18.1 Å². The molecule has 0 radical (unpaired) electrons. The normalized spacial score (nSPS) is 11.3. The van der Waals surface area contributed by atoms with Crippen molar-refractivity contribution in [1.82, 2.24) is 0 Å². The van der Waals surface area contributed by atoms with Gasteiger partial charge in [-0.05, 0) is 47.5 Å². The van der Waals surface area contributed by atoms with Gasteiger partial charge in [0.2, 0.25) is 15.9 Å². The zero-order chi connectivity index (χ0) is 18.6. The van der Waals surface area contributed by atoms with Crippen molar-refractivity contribution < 1.29 is 13.2 Å². The number of fused-ring (bicyclic) bond motifs is 1. The molecular formula is C20H20N2O3S. The van der Waals surface area contributed by atoms with E-state index in [0.717, 1.165) is 16.3 Å². The monoisotopic (exact) mass is 368 g/mol. The number of benzene rings is 3. The second kappa shape index (κ2) is 7.58. The van der Waals surface area contributed by atoms with Crippen molar-refractivity contribution in [3.05, 3.63) is 72.3 Å². The molecular weight excluding hydrogens is 348 g/mol. The molecule has 0 aliphatic carbocycles. The van der Waals surface area contributed by atoms with Crippen LogP contribution in [-0.4, -0.2) is 20.1 Å². The molecule has 6 heteroatoms. The van der Waals surface area contributed by atoms with Crippen LogP contribution in [0.5, 0.6) is 0 Å². The third-order valence-electron chi connectivity index (χ3n) is 4.05. The summed E-state index contributed by atoms with van der Waals surface area (Å²) in [6.07, 6.45) is 0.269. The fraction of sp³-hybridized carbons (Fsp3) is 0.150. The molecule has 0 fully saturated rings. The molecule has 0 spiro atoms. The lowest BCUT2D eigenvalue weighted by Gasteiger charge is -2.09. The van der Waals surface area contributed by atoms with Crippen molar-refractivity contribution in [1.29, 1.82) is 0 Å². The van der Waals surface area contributed by atoms with Gasteiger partial charge in [0.25, 0.3) is 0 Å². The van der Waals surface area contributed by atoms with E-state index in [1.165, 1.54) is 0 Å². The zero-order valence-corrected chi connectivity index (χ0v) is 15.2. The molecule has 1 amide bonds. The maximum atomic E-state index is 12.4. The van der Waals surface area contributed by atoms with Crippen LogP contribution < -0.4 is 10.0 Å². The summed E-state index contributed by atoms with van der Waals surface area (Å²) in [5, 5.41) is 5.01. The minimum Gasteiger partial charge on any atom is -0.326 e. The molecule has 0 unspecified atom stereocenters. The number of hydrogen-bond donors (Lipinski definition) is 2. The molecule has 0 aromatic heterocycles. The molecule has 0 aliphatic heterocycles. The fourth-order valence-corrected chi connectivity index (χ4v) is 3.34. The maximum absolute atomic E-state index is 12.4. The Morgan fingerprint density at radius 2 is 1.54 bits per heavy atom. The average Bonchev–Trinajstić information content (AvgIpc) is 2.63. The van der Waals surface area contributed by atoms with E-state index in [1.54, 1.807) is 31.2 Å². The summed E-state index contributed by atoms with van der Waals surface area (Å²) in [5.41, 5.74) is 2.06. The van der Waals surface area contributed by atoms with Gasteiger partial charge in [-0.25, -0.2) is 8.42 Å². The van der Waals surface area contributed by atoms with Crippen molar-refractivity contribution >= 4 is 38.1 Å². The Labute approximate surface area is 153 Å². The molecule has 3 rings (SSSR count). The molecule has 0 saturated carbocycles. The molecule has 0 aliphatic rings. The third kappa shape index (κ3) is 4.40. The van der Waals surface area contributed by atoms with Gasteiger partial charge in [-0.3, -0.25) is 9.52 Å².